The normalized spacial score (nSPS) is 13.7. The van der Waals surface area contributed by atoms with Gasteiger partial charge in [0.15, 0.2) is 0 Å². The second kappa shape index (κ2) is 6.85. The van der Waals surface area contributed by atoms with E-state index in [4.69, 9.17) is 5.11 Å². The maximum Gasteiger partial charge on any atom is 0.335 e. The minimum atomic E-state index is -3.49. The number of anilines is 1. The van der Waals surface area contributed by atoms with Gasteiger partial charge in [-0.25, -0.2) is 17.9 Å². The average molecular weight is 360 g/mol. The molecule has 1 aliphatic rings. The molecule has 0 radical (unpaired) electrons. The van der Waals surface area contributed by atoms with E-state index in [0.29, 0.717) is 13.1 Å². The van der Waals surface area contributed by atoms with Crippen molar-refractivity contribution in [3.8, 4) is 0 Å². The van der Waals surface area contributed by atoms with Crippen LogP contribution in [-0.2, 0) is 23.0 Å². The van der Waals surface area contributed by atoms with Crippen molar-refractivity contribution < 1.29 is 18.3 Å². The fourth-order valence-corrected chi connectivity index (χ4v) is 4.06. The first kappa shape index (κ1) is 17.4. The molecule has 0 aromatic heterocycles. The van der Waals surface area contributed by atoms with Crippen molar-refractivity contribution in [2.45, 2.75) is 24.8 Å². The molecule has 0 aliphatic carbocycles. The Labute approximate surface area is 147 Å². The Kier molecular flexibility index (Phi) is 4.78. The van der Waals surface area contributed by atoms with Crippen molar-refractivity contribution in [1.82, 2.24) is 4.72 Å². The lowest BCUT2D eigenvalue weighted by molar-refractivity contribution is 0.0697. The second-order valence-electron chi connectivity index (χ2n) is 5.97. The number of carboxylic acid groups (broad SMARTS) is 1. The molecule has 0 atom stereocenters. The summed E-state index contributed by atoms with van der Waals surface area (Å²) in [5, 5.41) is 8.97. The molecule has 25 heavy (non-hydrogen) atoms. The van der Waals surface area contributed by atoms with Gasteiger partial charge in [-0.3, -0.25) is 0 Å². The fraction of sp³-hybridized carbons (Fsp3) is 0.278. The van der Waals surface area contributed by atoms with Crippen LogP contribution in [0.25, 0.3) is 0 Å². The molecule has 7 heteroatoms. The first-order valence-electron chi connectivity index (χ1n) is 8.10. The first-order chi connectivity index (χ1) is 11.9. The summed E-state index contributed by atoms with van der Waals surface area (Å²) in [5.41, 5.74) is 3.28. The van der Waals surface area contributed by atoms with Crippen LogP contribution in [0.2, 0.25) is 0 Å². The molecule has 2 aromatic rings. The molecule has 0 saturated carbocycles. The van der Waals surface area contributed by atoms with Gasteiger partial charge in [-0.05, 0) is 41.8 Å². The molecule has 3 rings (SSSR count). The minimum Gasteiger partial charge on any atom is -0.478 e. The Hall–Kier alpha value is -2.38. The summed E-state index contributed by atoms with van der Waals surface area (Å²) in [4.78, 5) is 13.3. The fourth-order valence-electron chi connectivity index (χ4n) is 3.00. The number of benzene rings is 2. The first-order valence-corrected chi connectivity index (χ1v) is 9.59. The topological polar surface area (TPSA) is 86.7 Å². The third-order valence-electron chi connectivity index (χ3n) is 4.27. The van der Waals surface area contributed by atoms with Crippen LogP contribution in [0.4, 0.5) is 5.69 Å². The van der Waals surface area contributed by atoms with Crippen LogP contribution in [-0.4, -0.2) is 32.6 Å². The highest BCUT2D eigenvalue weighted by Gasteiger charge is 2.22. The summed E-state index contributed by atoms with van der Waals surface area (Å²) in [5.74, 6) is -0.948. The van der Waals surface area contributed by atoms with E-state index >= 15 is 0 Å². The third-order valence-corrected chi connectivity index (χ3v) is 5.81. The lowest BCUT2D eigenvalue weighted by Crippen LogP contribution is -2.24. The standard InChI is InChI=1S/C18H20N2O4S/c1-2-19-25(23,24)16-8-7-14-9-10-20(17(14)11-16)12-13-3-5-15(6-4-13)18(21)22/h3-8,11,19H,2,9-10,12H2,1H3,(H,21,22). The van der Waals surface area contributed by atoms with E-state index in [-0.39, 0.29) is 10.5 Å². The SMILES string of the molecule is CCNS(=O)(=O)c1ccc2c(c1)N(Cc1ccc(C(=O)O)cc1)CC2. The number of nitrogens with zero attached hydrogens (tertiary/aromatic N) is 1. The summed E-state index contributed by atoms with van der Waals surface area (Å²) in [6, 6.07) is 12.0. The van der Waals surface area contributed by atoms with Gasteiger partial charge in [-0.2, -0.15) is 0 Å². The highest BCUT2D eigenvalue weighted by Crippen LogP contribution is 2.31. The number of fused-ring (bicyclic) bond motifs is 1. The van der Waals surface area contributed by atoms with Gasteiger partial charge in [0.2, 0.25) is 10.0 Å². The van der Waals surface area contributed by atoms with Gasteiger partial charge in [0, 0.05) is 25.3 Å². The highest BCUT2D eigenvalue weighted by atomic mass is 32.2. The Bertz CT molecular complexity index is 892. The molecule has 1 heterocycles. The lowest BCUT2D eigenvalue weighted by atomic mass is 10.1. The molecular weight excluding hydrogens is 340 g/mol. The van der Waals surface area contributed by atoms with Crippen LogP contribution in [0.1, 0.15) is 28.4 Å². The molecule has 0 fully saturated rings. The lowest BCUT2D eigenvalue weighted by Gasteiger charge is -2.20. The molecule has 2 N–H and O–H groups in total. The quantitative estimate of drug-likeness (QED) is 0.825. The zero-order chi connectivity index (χ0) is 18.0. The van der Waals surface area contributed by atoms with E-state index in [1.807, 2.05) is 6.07 Å². The molecule has 0 unspecified atom stereocenters. The number of hydrogen-bond acceptors (Lipinski definition) is 4. The molecule has 0 saturated heterocycles. The number of carboxylic acids is 1. The van der Waals surface area contributed by atoms with Gasteiger partial charge in [0.1, 0.15) is 0 Å². The van der Waals surface area contributed by atoms with Gasteiger partial charge < -0.3 is 10.0 Å². The van der Waals surface area contributed by atoms with E-state index in [0.717, 1.165) is 29.8 Å². The van der Waals surface area contributed by atoms with E-state index in [1.165, 1.54) is 0 Å². The largest absolute Gasteiger partial charge is 0.478 e. The van der Waals surface area contributed by atoms with Crippen molar-refractivity contribution in [3.05, 3.63) is 59.2 Å². The van der Waals surface area contributed by atoms with Gasteiger partial charge in [-0.15, -0.1) is 0 Å². The van der Waals surface area contributed by atoms with Gasteiger partial charge >= 0.3 is 5.97 Å². The van der Waals surface area contributed by atoms with Gasteiger partial charge in [-0.1, -0.05) is 25.1 Å². The van der Waals surface area contributed by atoms with Crippen LogP contribution in [0.5, 0.6) is 0 Å². The van der Waals surface area contributed by atoms with Crippen molar-refractivity contribution in [3.63, 3.8) is 0 Å². The zero-order valence-corrected chi connectivity index (χ0v) is 14.7. The average Bonchev–Trinajstić information content (AvgIpc) is 2.97. The van der Waals surface area contributed by atoms with Crippen molar-refractivity contribution in [2.24, 2.45) is 0 Å². The smallest absolute Gasteiger partial charge is 0.335 e. The third kappa shape index (κ3) is 3.67. The predicted molar refractivity (Wildman–Crippen MR) is 95.5 cm³/mol. The van der Waals surface area contributed by atoms with Gasteiger partial charge in [0.05, 0.1) is 10.5 Å². The number of carbonyl (C=O) groups is 1. The summed E-state index contributed by atoms with van der Waals surface area (Å²) in [6.07, 6.45) is 0.865. The minimum absolute atomic E-state index is 0.254. The van der Waals surface area contributed by atoms with Crippen molar-refractivity contribution >= 4 is 21.7 Å². The number of aromatic carboxylic acids is 1. The molecule has 0 amide bonds. The van der Waals surface area contributed by atoms with E-state index in [1.54, 1.807) is 43.3 Å². The molecule has 6 nitrogen and oxygen atoms in total. The molecule has 0 bridgehead atoms. The maximum atomic E-state index is 12.2. The molecule has 132 valence electrons. The summed E-state index contributed by atoms with van der Waals surface area (Å²) < 4.78 is 26.9. The van der Waals surface area contributed by atoms with Crippen molar-refractivity contribution in [1.29, 1.82) is 0 Å². The Balaban J connectivity index is 1.84. The van der Waals surface area contributed by atoms with Crippen LogP contribution < -0.4 is 9.62 Å². The zero-order valence-electron chi connectivity index (χ0n) is 13.9. The summed E-state index contributed by atoms with van der Waals surface area (Å²) >= 11 is 0. The Morgan fingerprint density at radius 1 is 1.20 bits per heavy atom. The van der Waals surface area contributed by atoms with Gasteiger partial charge in [0.25, 0.3) is 0 Å². The van der Waals surface area contributed by atoms with Crippen molar-refractivity contribution in [2.75, 3.05) is 18.0 Å². The molecule has 1 aliphatic heterocycles. The maximum absolute atomic E-state index is 12.2. The highest BCUT2D eigenvalue weighted by molar-refractivity contribution is 7.89. The Morgan fingerprint density at radius 2 is 1.92 bits per heavy atom. The number of nitrogens with one attached hydrogen (secondary N) is 1. The Morgan fingerprint density at radius 3 is 2.56 bits per heavy atom. The summed E-state index contributed by atoms with van der Waals surface area (Å²) in [6.45, 7) is 3.51. The monoisotopic (exact) mass is 360 g/mol. The second-order valence-corrected chi connectivity index (χ2v) is 7.73. The number of hydrogen-bond donors (Lipinski definition) is 2. The van der Waals surface area contributed by atoms with Crippen LogP contribution in [0, 0.1) is 0 Å². The van der Waals surface area contributed by atoms with Crippen LogP contribution >= 0.6 is 0 Å². The molecule has 0 spiro atoms. The van der Waals surface area contributed by atoms with Crippen LogP contribution in [0.15, 0.2) is 47.4 Å². The van der Waals surface area contributed by atoms with E-state index < -0.39 is 16.0 Å². The summed E-state index contributed by atoms with van der Waals surface area (Å²) in [7, 11) is -3.49. The van der Waals surface area contributed by atoms with Crippen LogP contribution in [0.3, 0.4) is 0 Å². The predicted octanol–water partition coefficient (Wildman–Crippen LogP) is 2.25. The molecule has 2 aromatic carbocycles. The van der Waals surface area contributed by atoms with E-state index in [2.05, 4.69) is 9.62 Å². The number of rotatable bonds is 6. The van der Waals surface area contributed by atoms with E-state index in [9.17, 15) is 13.2 Å². The number of sulfonamides is 1. The molecular formula is C18H20N2O4S.